The summed E-state index contributed by atoms with van der Waals surface area (Å²) in [6.07, 6.45) is 0.571. The summed E-state index contributed by atoms with van der Waals surface area (Å²) in [6.45, 7) is 5.03. The molecule has 0 radical (unpaired) electrons. The van der Waals surface area contributed by atoms with Gasteiger partial charge in [0.05, 0.1) is 19.1 Å². The van der Waals surface area contributed by atoms with Crippen LogP contribution in [0.1, 0.15) is 19.4 Å². The lowest BCUT2D eigenvalue weighted by Gasteiger charge is -2.08. The highest BCUT2D eigenvalue weighted by Crippen LogP contribution is 2.09. The van der Waals surface area contributed by atoms with Gasteiger partial charge in [-0.25, -0.2) is 0 Å². The van der Waals surface area contributed by atoms with Crippen molar-refractivity contribution in [3.8, 4) is 0 Å². The smallest absolute Gasteiger partial charge is 0.224 e. The van der Waals surface area contributed by atoms with E-state index in [0.717, 1.165) is 5.56 Å². The predicted octanol–water partition coefficient (Wildman–Crippen LogP) is 2.42. The van der Waals surface area contributed by atoms with E-state index in [1.807, 2.05) is 26.0 Å². The highest BCUT2D eigenvalue weighted by atomic mass is 35.5. The zero-order chi connectivity index (χ0) is 12.7. The van der Waals surface area contributed by atoms with Crippen LogP contribution in [0.15, 0.2) is 24.3 Å². The summed E-state index contributed by atoms with van der Waals surface area (Å²) in [7, 11) is 0. The number of halogens is 1. The van der Waals surface area contributed by atoms with Crippen molar-refractivity contribution < 1.29 is 9.53 Å². The number of benzene rings is 1. The Morgan fingerprint density at radius 3 is 2.59 bits per heavy atom. The fourth-order valence-electron chi connectivity index (χ4n) is 1.34. The molecule has 0 aliphatic heterocycles. The third-order valence-electron chi connectivity index (χ3n) is 2.15. The van der Waals surface area contributed by atoms with Crippen LogP contribution in [0.2, 0.25) is 5.02 Å². The molecule has 1 amide bonds. The molecule has 3 nitrogen and oxygen atoms in total. The van der Waals surface area contributed by atoms with Crippen molar-refractivity contribution in [1.82, 2.24) is 5.32 Å². The summed E-state index contributed by atoms with van der Waals surface area (Å²) in [5, 5.41) is 3.48. The van der Waals surface area contributed by atoms with E-state index in [-0.39, 0.29) is 12.0 Å². The quantitative estimate of drug-likeness (QED) is 0.793. The minimum atomic E-state index is -0.000298. The van der Waals surface area contributed by atoms with Gasteiger partial charge in [-0.2, -0.15) is 0 Å². The molecule has 94 valence electrons. The van der Waals surface area contributed by atoms with Gasteiger partial charge in [0.25, 0.3) is 0 Å². The summed E-state index contributed by atoms with van der Waals surface area (Å²) in [4.78, 5) is 11.5. The van der Waals surface area contributed by atoms with E-state index in [0.29, 0.717) is 24.6 Å². The third kappa shape index (κ3) is 6.29. The number of hydrogen-bond donors (Lipinski definition) is 1. The number of amides is 1. The van der Waals surface area contributed by atoms with Crippen molar-refractivity contribution in [3.05, 3.63) is 34.9 Å². The minimum absolute atomic E-state index is 0.000298. The number of carbonyl (C=O) groups is 1. The Hall–Kier alpha value is -1.06. The summed E-state index contributed by atoms with van der Waals surface area (Å²) in [6, 6.07) is 7.27. The van der Waals surface area contributed by atoms with E-state index in [2.05, 4.69) is 5.32 Å². The van der Waals surface area contributed by atoms with Gasteiger partial charge in [-0.1, -0.05) is 23.7 Å². The second-order valence-corrected chi connectivity index (χ2v) is 4.51. The van der Waals surface area contributed by atoms with Crippen molar-refractivity contribution >= 4 is 17.5 Å². The van der Waals surface area contributed by atoms with Crippen LogP contribution in [0.3, 0.4) is 0 Å². The third-order valence-corrected chi connectivity index (χ3v) is 2.41. The van der Waals surface area contributed by atoms with E-state index < -0.39 is 0 Å². The number of rotatable bonds is 6. The molecule has 1 aromatic carbocycles. The highest BCUT2D eigenvalue weighted by molar-refractivity contribution is 6.30. The topological polar surface area (TPSA) is 38.3 Å². The molecule has 0 aromatic heterocycles. The molecule has 0 bridgehead atoms. The first kappa shape index (κ1) is 14.0. The second kappa shape index (κ2) is 7.30. The SMILES string of the molecule is CC(C)OCCNC(=O)Cc1ccc(Cl)cc1. The molecule has 0 aliphatic rings. The van der Waals surface area contributed by atoms with Crippen LogP contribution in [0.4, 0.5) is 0 Å². The molecule has 0 saturated carbocycles. The Kier molecular flexibility index (Phi) is 6.01. The van der Waals surface area contributed by atoms with Gasteiger partial charge in [-0.15, -0.1) is 0 Å². The van der Waals surface area contributed by atoms with Crippen LogP contribution in [0.25, 0.3) is 0 Å². The zero-order valence-corrected chi connectivity index (χ0v) is 11.0. The summed E-state index contributed by atoms with van der Waals surface area (Å²) in [5.74, 6) is -0.000298. The lowest BCUT2D eigenvalue weighted by molar-refractivity contribution is -0.120. The van der Waals surface area contributed by atoms with Crippen LogP contribution < -0.4 is 5.32 Å². The first-order chi connectivity index (χ1) is 8.08. The van der Waals surface area contributed by atoms with Crippen LogP contribution in [0, 0.1) is 0 Å². The van der Waals surface area contributed by atoms with Gasteiger partial charge in [-0.3, -0.25) is 4.79 Å². The van der Waals surface area contributed by atoms with Crippen molar-refractivity contribution in [3.63, 3.8) is 0 Å². The second-order valence-electron chi connectivity index (χ2n) is 4.07. The van der Waals surface area contributed by atoms with E-state index in [9.17, 15) is 4.79 Å². The fraction of sp³-hybridized carbons (Fsp3) is 0.462. The Bertz CT molecular complexity index is 349. The lowest BCUT2D eigenvalue weighted by Crippen LogP contribution is -2.29. The van der Waals surface area contributed by atoms with E-state index in [1.165, 1.54) is 0 Å². The number of hydrogen-bond acceptors (Lipinski definition) is 2. The molecule has 1 N–H and O–H groups in total. The summed E-state index contributed by atoms with van der Waals surface area (Å²) < 4.78 is 5.33. The molecule has 0 spiro atoms. The molecule has 0 heterocycles. The van der Waals surface area contributed by atoms with E-state index >= 15 is 0 Å². The largest absolute Gasteiger partial charge is 0.377 e. The van der Waals surface area contributed by atoms with Crippen molar-refractivity contribution in [2.75, 3.05) is 13.2 Å². The monoisotopic (exact) mass is 255 g/mol. The molecule has 1 rings (SSSR count). The molecular weight excluding hydrogens is 238 g/mol. The average molecular weight is 256 g/mol. The predicted molar refractivity (Wildman–Crippen MR) is 69.3 cm³/mol. The number of carbonyl (C=O) groups excluding carboxylic acids is 1. The van der Waals surface area contributed by atoms with Gasteiger partial charge < -0.3 is 10.1 Å². The Morgan fingerprint density at radius 1 is 1.35 bits per heavy atom. The molecule has 4 heteroatoms. The van der Waals surface area contributed by atoms with Crippen LogP contribution >= 0.6 is 11.6 Å². The van der Waals surface area contributed by atoms with Crippen LogP contribution in [-0.2, 0) is 16.0 Å². The summed E-state index contributed by atoms with van der Waals surface area (Å²) >= 11 is 5.76. The van der Waals surface area contributed by atoms with Crippen molar-refractivity contribution in [2.24, 2.45) is 0 Å². The molecule has 1 aromatic rings. The van der Waals surface area contributed by atoms with Gasteiger partial charge in [0.2, 0.25) is 5.91 Å². The van der Waals surface area contributed by atoms with Crippen LogP contribution in [-0.4, -0.2) is 25.2 Å². The molecule has 17 heavy (non-hydrogen) atoms. The molecule has 0 fully saturated rings. The maximum atomic E-state index is 11.5. The molecule has 0 unspecified atom stereocenters. The van der Waals surface area contributed by atoms with Gasteiger partial charge in [0, 0.05) is 11.6 Å². The maximum absolute atomic E-state index is 11.5. The first-order valence-corrected chi connectivity index (χ1v) is 6.08. The highest BCUT2D eigenvalue weighted by Gasteiger charge is 2.02. The first-order valence-electron chi connectivity index (χ1n) is 5.70. The zero-order valence-electron chi connectivity index (χ0n) is 10.2. The minimum Gasteiger partial charge on any atom is -0.377 e. The Labute approximate surface area is 107 Å². The molecule has 0 atom stereocenters. The lowest BCUT2D eigenvalue weighted by atomic mass is 10.1. The van der Waals surface area contributed by atoms with E-state index in [4.69, 9.17) is 16.3 Å². The normalized spacial score (nSPS) is 10.6. The standard InChI is InChI=1S/C13H18ClNO2/c1-10(2)17-8-7-15-13(16)9-11-3-5-12(14)6-4-11/h3-6,10H,7-9H2,1-2H3,(H,15,16). The van der Waals surface area contributed by atoms with Gasteiger partial charge in [0.15, 0.2) is 0 Å². The summed E-state index contributed by atoms with van der Waals surface area (Å²) in [5.41, 5.74) is 0.955. The van der Waals surface area contributed by atoms with Crippen molar-refractivity contribution in [1.29, 1.82) is 0 Å². The Balaban J connectivity index is 2.23. The van der Waals surface area contributed by atoms with E-state index in [1.54, 1.807) is 12.1 Å². The molecular formula is C13H18ClNO2. The maximum Gasteiger partial charge on any atom is 0.224 e. The van der Waals surface area contributed by atoms with Crippen LogP contribution in [0.5, 0.6) is 0 Å². The van der Waals surface area contributed by atoms with Gasteiger partial charge in [-0.05, 0) is 31.5 Å². The van der Waals surface area contributed by atoms with Gasteiger partial charge in [0.1, 0.15) is 0 Å². The average Bonchev–Trinajstić information content (AvgIpc) is 2.27. The van der Waals surface area contributed by atoms with Crippen molar-refractivity contribution in [2.45, 2.75) is 26.4 Å². The molecule has 0 saturated heterocycles. The number of nitrogens with one attached hydrogen (secondary N) is 1. The number of ether oxygens (including phenoxy) is 1. The van der Waals surface area contributed by atoms with Gasteiger partial charge >= 0.3 is 0 Å². The Morgan fingerprint density at radius 2 is 2.00 bits per heavy atom. The molecule has 0 aliphatic carbocycles. The fourth-order valence-corrected chi connectivity index (χ4v) is 1.46.